The summed E-state index contributed by atoms with van der Waals surface area (Å²) in [4.78, 5) is 11.5. The minimum Gasteiger partial charge on any atom is -0.462 e. The zero-order valence-electron chi connectivity index (χ0n) is 10.8. The molecule has 2 nitrogen and oxygen atoms in total. The van der Waals surface area contributed by atoms with Gasteiger partial charge in [0.25, 0.3) is 0 Å². The highest BCUT2D eigenvalue weighted by Crippen LogP contribution is 2.48. The maximum atomic E-state index is 11.5. The third kappa shape index (κ3) is 2.11. The highest BCUT2D eigenvalue weighted by Gasteiger charge is 2.48. The molecule has 0 amide bonds. The smallest absolute Gasteiger partial charge is 0.309 e. The molecule has 1 saturated heterocycles. The summed E-state index contributed by atoms with van der Waals surface area (Å²) in [6.07, 6.45) is 7.62. The summed E-state index contributed by atoms with van der Waals surface area (Å²) in [7, 11) is 0. The standard InChI is InChI=1S/C14H24O2/c1-4-5-7-14(3)8-6-11-10(2)13(15)16-12(11)9-14/h10-12H,4-9H2,1-3H3/t10-,11?,12-,14-/m1/s1. The maximum absolute atomic E-state index is 11.5. The van der Waals surface area contributed by atoms with Crippen LogP contribution in [0.3, 0.4) is 0 Å². The van der Waals surface area contributed by atoms with E-state index in [-0.39, 0.29) is 18.0 Å². The Labute approximate surface area is 98.7 Å². The van der Waals surface area contributed by atoms with Crippen LogP contribution in [-0.2, 0) is 9.53 Å². The zero-order chi connectivity index (χ0) is 11.8. The summed E-state index contributed by atoms with van der Waals surface area (Å²) in [6, 6.07) is 0. The zero-order valence-corrected chi connectivity index (χ0v) is 10.8. The lowest BCUT2D eigenvalue weighted by molar-refractivity contribution is -0.145. The van der Waals surface area contributed by atoms with E-state index in [9.17, 15) is 4.79 Å². The second-order valence-corrected chi connectivity index (χ2v) is 6.08. The Morgan fingerprint density at radius 2 is 2.25 bits per heavy atom. The summed E-state index contributed by atoms with van der Waals surface area (Å²) in [5.74, 6) is 0.678. The summed E-state index contributed by atoms with van der Waals surface area (Å²) in [5, 5.41) is 0. The van der Waals surface area contributed by atoms with E-state index in [0.717, 1.165) is 6.42 Å². The van der Waals surface area contributed by atoms with Gasteiger partial charge in [-0.3, -0.25) is 4.79 Å². The lowest BCUT2D eigenvalue weighted by Crippen LogP contribution is -2.34. The number of carbonyl (C=O) groups excluding carboxylic acids is 1. The normalized spacial score (nSPS) is 42.9. The monoisotopic (exact) mass is 224 g/mol. The first-order valence-corrected chi connectivity index (χ1v) is 6.76. The van der Waals surface area contributed by atoms with Gasteiger partial charge in [-0.2, -0.15) is 0 Å². The molecule has 1 aliphatic heterocycles. The molecule has 16 heavy (non-hydrogen) atoms. The van der Waals surface area contributed by atoms with E-state index in [0.29, 0.717) is 11.3 Å². The predicted molar refractivity (Wildman–Crippen MR) is 64.0 cm³/mol. The first-order valence-electron chi connectivity index (χ1n) is 6.76. The van der Waals surface area contributed by atoms with Crippen molar-refractivity contribution in [3.8, 4) is 0 Å². The van der Waals surface area contributed by atoms with E-state index in [4.69, 9.17) is 4.74 Å². The molecule has 0 aromatic carbocycles. The van der Waals surface area contributed by atoms with E-state index in [1.54, 1.807) is 0 Å². The van der Waals surface area contributed by atoms with Crippen LogP contribution in [-0.4, -0.2) is 12.1 Å². The quantitative estimate of drug-likeness (QED) is 0.685. The van der Waals surface area contributed by atoms with Crippen molar-refractivity contribution in [3.63, 3.8) is 0 Å². The van der Waals surface area contributed by atoms with Gasteiger partial charge in [0.05, 0.1) is 5.92 Å². The molecule has 0 bridgehead atoms. The molecule has 2 fully saturated rings. The molecule has 1 heterocycles. The fourth-order valence-electron chi connectivity index (χ4n) is 3.40. The maximum Gasteiger partial charge on any atom is 0.309 e. The van der Waals surface area contributed by atoms with Crippen LogP contribution in [0.4, 0.5) is 0 Å². The fraction of sp³-hybridized carbons (Fsp3) is 0.929. The van der Waals surface area contributed by atoms with Crippen molar-refractivity contribution in [2.45, 2.75) is 65.4 Å². The molecule has 0 radical (unpaired) electrons. The predicted octanol–water partition coefficient (Wildman–Crippen LogP) is 3.54. The second-order valence-electron chi connectivity index (χ2n) is 6.08. The van der Waals surface area contributed by atoms with Gasteiger partial charge in [-0.25, -0.2) is 0 Å². The van der Waals surface area contributed by atoms with Crippen LogP contribution >= 0.6 is 0 Å². The Morgan fingerprint density at radius 1 is 1.50 bits per heavy atom. The number of ether oxygens (including phenoxy) is 1. The summed E-state index contributed by atoms with van der Waals surface area (Å²) >= 11 is 0. The highest BCUT2D eigenvalue weighted by atomic mass is 16.6. The van der Waals surface area contributed by atoms with Crippen LogP contribution < -0.4 is 0 Å². The number of fused-ring (bicyclic) bond motifs is 1. The van der Waals surface area contributed by atoms with Crippen molar-refractivity contribution in [2.75, 3.05) is 0 Å². The Morgan fingerprint density at radius 3 is 2.94 bits per heavy atom. The van der Waals surface area contributed by atoms with Gasteiger partial charge in [0.1, 0.15) is 6.10 Å². The minimum atomic E-state index is 0.0368. The molecule has 2 rings (SSSR count). The largest absolute Gasteiger partial charge is 0.462 e. The van der Waals surface area contributed by atoms with Crippen LogP contribution in [0.15, 0.2) is 0 Å². The first-order chi connectivity index (χ1) is 7.56. The van der Waals surface area contributed by atoms with Crippen molar-refractivity contribution in [1.29, 1.82) is 0 Å². The second kappa shape index (κ2) is 4.38. The molecule has 1 aliphatic carbocycles. The average molecular weight is 224 g/mol. The first kappa shape index (κ1) is 11.9. The number of rotatable bonds is 3. The summed E-state index contributed by atoms with van der Waals surface area (Å²) < 4.78 is 5.51. The van der Waals surface area contributed by atoms with E-state index in [1.807, 2.05) is 6.92 Å². The van der Waals surface area contributed by atoms with Crippen LogP contribution in [0, 0.1) is 17.3 Å². The highest BCUT2D eigenvalue weighted by molar-refractivity contribution is 5.74. The van der Waals surface area contributed by atoms with Crippen molar-refractivity contribution < 1.29 is 9.53 Å². The third-order valence-electron chi connectivity index (χ3n) is 4.67. The van der Waals surface area contributed by atoms with Crippen LogP contribution in [0.2, 0.25) is 0 Å². The topological polar surface area (TPSA) is 26.3 Å². The lowest BCUT2D eigenvalue weighted by Gasteiger charge is -2.39. The van der Waals surface area contributed by atoms with Gasteiger partial charge >= 0.3 is 5.97 Å². The number of esters is 1. The van der Waals surface area contributed by atoms with Gasteiger partial charge in [-0.05, 0) is 31.1 Å². The molecule has 0 spiro atoms. The van der Waals surface area contributed by atoms with Gasteiger partial charge in [-0.15, -0.1) is 0 Å². The molecule has 2 aliphatic rings. The van der Waals surface area contributed by atoms with E-state index in [1.165, 1.54) is 32.1 Å². The number of unbranched alkanes of at least 4 members (excludes halogenated alkanes) is 1. The van der Waals surface area contributed by atoms with Crippen LogP contribution in [0.25, 0.3) is 0 Å². The number of hydrogen-bond acceptors (Lipinski definition) is 2. The summed E-state index contributed by atoms with van der Waals surface area (Å²) in [5.41, 5.74) is 0.418. The number of hydrogen-bond donors (Lipinski definition) is 0. The summed E-state index contributed by atoms with van der Waals surface area (Å²) in [6.45, 7) is 6.64. The van der Waals surface area contributed by atoms with Crippen molar-refractivity contribution in [3.05, 3.63) is 0 Å². The van der Waals surface area contributed by atoms with E-state index >= 15 is 0 Å². The Bertz CT molecular complexity index is 274. The minimum absolute atomic E-state index is 0.0368. The number of carbonyl (C=O) groups is 1. The van der Waals surface area contributed by atoms with E-state index < -0.39 is 0 Å². The molecular weight excluding hydrogens is 200 g/mol. The molecule has 4 atom stereocenters. The van der Waals surface area contributed by atoms with Crippen LogP contribution in [0.5, 0.6) is 0 Å². The molecule has 0 aromatic rings. The molecule has 92 valence electrons. The van der Waals surface area contributed by atoms with Gasteiger partial charge in [0, 0.05) is 5.92 Å². The van der Waals surface area contributed by atoms with Crippen molar-refractivity contribution >= 4 is 5.97 Å². The van der Waals surface area contributed by atoms with Crippen molar-refractivity contribution in [2.24, 2.45) is 17.3 Å². The van der Waals surface area contributed by atoms with Gasteiger partial charge in [0.15, 0.2) is 0 Å². The van der Waals surface area contributed by atoms with E-state index in [2.05, 4.69) is 13.8 Å². The molecule has 0 N–H and O–H groups in total. The van der Waals surface area contributed by atoms with Crippen LogP contribution in [0.1, 0.15) is 59.3 Å². The van der Waals surface area contributed by atoms with Crippen molar-refractivity contribution in [1.82, 2.24) is 0 Å². The molecular formula is C14H24O2. The fourth-order valence-corrected chi connectivity index (χ4v) is 3.40. The molecule has 2 heteroatoms. The third-order valence-corrected chi connectivity index (χ3v) is 4.67. The lowest BCUT2D eigenvalue weighted by atomic mass is 9.66. The molecule has 1 saturated carbocycles. The van der Waals surface area contributed by atoms with Gasteiger partial charge in [0.2, 0.25) is 0 Å². The average Bonchev–Trinajstić information content (AvgIpc) is 2.51. The van der Waals surface area contributed by atoms with Gasteiger partial charge < -0.3 is 4.74 Å². The molecule has 0 aromatic heterocycles. The van der Waals surface area contributed by atoms with Gasteiger partial charge in [-0.1, -0.05) is 33.6 Å². The SMILES string of the molecule is CCCC[C@]1(C)CCC2[C@@H](C1)OC(=O)[C@@H]2C. The Kier molecular flexibility index (Phi) is 3.27. The Balaban J connectivity index is 1.98. The molecule has 1 unspecified atom stereocenters. The Hall–Kier alpha value is -0.530.